The van der Waals surface area contributed by atoms with Crippen LogP contribution in [0.15, 0.2) is 54.6 Å². The first-order valence-corrected chi connectivity index (χ1v) is 13.2. The summed E-state index contributed by atoms with van der Waals surface area (Å²) in [5.74, 6) is 1.57. The van der Waals surface area contributed by atoms with E-state index in [0.29, 0.717) is 24.9 Å². The number of para-hydroxylation sites is 1. The summed E-state index contributed by atoms with van der Waals surface area (Å²) in [4.78, 5) is 20.5. The molecule has 0 unspecified atom stereocenters. The zero-order chi connectivity index (χ0) is 24.5. The molecule has 2 aromatic carbocycles. The van der Waals surface area contributed by atoms with Crippen molar-refractivity contribution in [3.8, 4) is 5.75 Å². The fourth-order valence-electron chi connectivity index (χ4n) is 5.65. The van der Waals surface area contributed by atoms with Crippen LogP contribution in [0.4, 0.5) is 0 Å². The number of likely N-dealkylation sites (N-methyl/N-ethyl adjacent to an activating group) is 1. The van der Waals surface area contributed by atoms with Crippen molar-refractivity contribution in [1.82, 2.24) is 20.0 Å². The number of methoxy groups -OCH3 is 1. The Bertz CT molecular complexity index is 914. The third-order valence-electron chi connectivity index (χ3n) is 7.69. The van der Waals surface area contributed by atoms with E-state index in [2.05, 4.69) is 63.5 Å². The number of nitrogens with one attached hydrogen (secondary N) is 1. The van der Waals surface area contributed by atoms with Crippen LogP contribution in [0.5, 0.6) is 5.75 Å². The molecule has 0 saturated carbocycles. The summed E-state index contributed by atoms with van der Waals surface area (Å²) in [7, 11) is 3.91. The standard InChI is InChI=1S/C29H42N4O2/c1-31-18-20-33(21-19-31)27-15-17-32(22-24-8-4-3-5-9-24)23-26(27)12-13-29(34)30-16-14-25-10-6-7-11-28(25)35-2/h3-11,26-27H,12-23H2,1-2H3,(H,30,34)/t26-,27+/m0/s1. The number of benzene rings is 2. The van der Waals surface area contributed by atoms with Crippen molar-refractivity contribution in [1.29, 1.82) is 0 Å². The maximum absolute atomic E-state index is 12.8. The van der Waals surface area contributed by atoms with Crippen LogP contribution >= 0.6 is 0 Å². The Morgan fingerprint density at radius 2 is 1.74 bits per heavy atom. The Labute approximate surface area is 211 Å². The maximum atomic E-state index is 12.8. The van der Waals surface area contributed by atoms with Crippen LogP contribution in [0.3, 0.4) is 0 Å². The van der Waals surface area contributed by atoms with E-state index in [-0.39, 0.29) is 5.91 Å². The molecule has 6 nitrogen and oxygen atoms in total. The minimum atomic E-state index is 0.164. The molecular formula is C29H42N4O2. The van der Waals surface area contributed by atoms with Crippen LogP contribution in [-0.2, 0) is 17.8 Å². The second kappa shape index (κ2) is 13.1. The molecule has 0 aromatic heterocycles. The number of piperidine rings is 1. The monoisotopic (exact) mass is 478 g/mol. The number of ether oxygens (including phenoxy) is 1. The Kier molecular flexibility index (Phi) is 9.57. The average molecular weight is 479 g/mol. The summed E-state index contributed by atoms with van der Waals surface area (Å²) in [6.07, 6.45) is 3.52. The summed E-state index contributed by atoms with van der Waals surface area (Å²) in [6.45, 7) is 8.40. The molecule has 1 amide bonds. The number of rotatable bonds is 10. The molecule has 2 atom stereocenters. The van der Waals surface area contributed by atoms with Crippen LogP contribution in [0.25, 0.3) is 0 Å². The zero-order valence-electron chi connectivity index (χ0n) is 21.5. The first kappa shape index (κ1) is 25.7. The molecule has 2 fully saturated rings. The molecule has 0 bridgehead atoms. The summed E-state index contributed by atoms with van der Waals surface area (Å²) >= 11 is 0. The Hall–Kier alpha value is -2.41. The van der Waals surface area contributed by atoms with Gasteiger partial charge in [-0.15, -0.1) is 0 Å². The van der Waals surface area contributed by atoms with Crippen molar-refractivity contribution >= 4 is 5.91 Å². The van der Waals surface area contributed by atoms with E-state index >= 15 is 0 Å². The molecule has 2 saturated heterocycles. The minimum absolute atomic E-state index is 0.164. The second-order valence-electron chi connectivity index (χ2n) is 10.1. The van der Waals surface area contributed by atoms with Crippen LogP contribution < -0.4 is 10.1 Å². The van der Waals surface area contributed by atoms with Crippen LogP contribution in [-0.4, -0.2) is 86.6 Å². The van der Waals surface area contributed by atoms with E-state index < -0.39 is 0 Å². The summed E-state index contributed by atoms with van der Waals surface area (Å²) in [5.41, 5.74) is 2.51. The molecule has 2 aromatic rings. The number of hydrogen-bond donors (Lipinski definition) is 1. The van der Waals surface area contributed by atoms with Gasteiger partial charge in [0, 0.05) is 58.3 Å². The van der Waals surface area contributed by atoms with Gasteiger partial charge < -0.3 is 15.0 Å². The van der Waals surface area contributed by atoms with E-state index in [0.717, 1.165) is 70.0 Å². The van der Waals surface area contributed by atoms with Crippen molar-refractivity contribution in [2.45, 2.75) is 38.3 Å². The number of carbonyl (C=O) groups excluding carboxylic acids is 1. The van der Waals surface area contributed by atoms with Gasteiger partial charge in [-0.2, -0.15) is 0 Å². The van der Waals surface area contributed by atoms with Crippen LogP contribution in [0, 0.1) is 5.92 Å². The SMILES string of the molecule is COc1ccccc1CCNC(=O)CC[C@H]1CN(Cc2ccccc2)CC[C@H]1N1CCN(C)CC1. The van der Waals surface area contributed by atoms with E-state index in [1.54, 1.807) is 7.11 Å². The van der Waals surface area contributed by atoms with Gasteiger partial charge in [0.1, 0.15) is 5.75 Å². The van der Waals surface area contributed by atoms with Gasteiger partial charge >= 0.3 is 0 Å². The number of likely N-dealkylation sites (tertiary alicyclic amines) is 1. The van der Waals surface area contributed by atoms with E-state index in [1.807, 2.05) is 18.2 Å². The Morgan fingerprint density at radius 3 is 2.51 bits per heavy atom. The normalized spacial score (nSPS) is 22.1. The van der Waals surface area contributed by atoms with Gasteiger partial charge in [-0.05, 0) is 56.0 Å². The summed E-state index contributed by atoms with van der Waals surface area (Å²) in [5, 5.41) is 3.14. The van der Waals surface area contributed by atoms with Gasteiger partial charge in [-0.3, -0.25) is 14.6 Å². The lowest BCUT2D eigenvalue weighted by atomic mass is 9.86. The van der Waals surface area contributed by atoms with Gasteiger partial charge in [-0.1, -0.05) is 48.5 Å². The molecule has 190 valence electrons. The highest BCUT2D eigenvalue weighted by Gasteiger charge is 2.34. The van der Waals surface area contributed by atoms with Gasteiger partial charge in [0.25, 0.3) is 0 Å². The predicted octanol–water partition coefficient (Wildman–Crippen LogP) is 3.27. The number of amides is 1. The quantitative estimate of drug-likeness (QED) is 0.568. The zero-order valence-corrected chi connectivity index (χ0v) is 21.5. The molecule has 0 spiro atoms. The fourth-order valence-corrected chi connectivity index (χ4v) is 5.65. The van der Waals surface area contributed by atoms with Crippen LogP contribution in [0.2, 0.25) is 0 Å². The molecule has 4 rings (SSSR count). The fraction of sp³-hybridized carbons (Fsp3) is 0.552. The van der Waals surface area contributed by atoms with Crippen molar-refractivity contribution in [3.63, 3.8) is 0 Å². The molecule has 0 radical (unpaired) electrons. The van der Waals surface area contributed by atoms with Crippen molar-refractivity contribution < 1.29 is 9.53 Å². The van der Waals surface area contributed by atoms with E-state index in [4.69, 9.17) is 4.74 Å². The molecule has 6 heteroatoms. The lowest BCUT2D eigenvalue weighted by Gasteiger charge is -2.46. The lowest BCUT2D eigenvalue weighted by Crippen LogP contribution is -2.56. The average Bonchev–Trinajstić information content (AvgIpc) is 2.89. The molecule has 35 heavy (non-hydrogen) atoms. The molecule has 1 N–H and O–H groups in total. The molecule has 2 aliphatic heterocycles. The molecule has 2 heterocycles. The van der Waals surface area contributed by atoms with Crippen molar-refractivity contribution in [3.05, 3.63) is 65.7 Å². The number of nitrogens with zero attached hydrogens (tertiary/aromatic N) is 3. The second-order valence-corrected chi connectivity index (χ2v) is 10.1. The highest BCUT2D eigenvalue weighted by molar-refractivity contribution is 5.75. The van der Waals surface area contributed by atoms with Gasteiger partial charge in [0.15, 0.2) is 0 Å². The topological polar surface area (TPSA) is 48.1 Å². The number of hydrogen-bond acceptors (Lipinski definition) is 5. The van der Waals surface area contributed by atoms with Gasteiger partial charge in [0.05, 0.1) is 7.11 Å². The predicted molar refractivity (Wildman–Crippen MR) is 142 cm³/mol. The van der Waals surface area contributed by atoms with Crippen LogP contribution in [0.1, 0.15) is 30.4 Å². The highest BCUT2D eigenvalue weighted by atomic mass is 16.5. The number of carbonyl (C=O) groups is 1. The van der Waals surface area contributed by atoms with Gasteiger partial charge in [0.2, 0.25) is 5.91 Å². The first-order chi connectivity index (χ1) is 17.1. The van der Waals surface area contributed by atoms with Crippen molar-refractivity contribution in [2.24, 2.45) is 5.92 Å². The highest BCUT2D eigenvalue weighted by Crippen LogP contribution is 2.28. The number of piperazine rings is 1. The van der Waals surface area contributed by atoms with Gasteiger partial charge in [-0.25, -0.2) is 0 Å². The smallest absolute Gasteiger partial charge is 0.220 e. The largest absolute Gasteiger partial charge is 0.496 e. The van der Waals surface area contributed by atoms with E-state index in [1.165, 1.54) is 12.0 Å². The molecule has 2 aliphatic rings. The lowest BCUT2D eigenvalue weighted by molar-refractivity contribution is -0.121. The minimum Gasteiger partial charge on any atom is -0.496 e. The van der Waals surface area contributed by atoms with E-state index in [9.17, 15) is 4.79 Å². The first-order valence-electron chi connectivity index (χ1n) is 13.2. The Morgan fingerprint density at radius 1 is 1.00 bits per heavy atom. The Balaban J connectivity index is 1.30. The maximum Gasteiger partial charge on any atom is 0.220 e. The third kappa shape index (κ3) is 7.53. The summed E-state index contributed by atoms with van der Waals surface area (Å²) < 4.78 is 5.43. The molecular weight excluding hydrogens is 436 g/mol. The summed E-state index contributed by atoms with van der Waals surface area (Å²) in [6, 6.07) is 19.4. The van der Waals surface area contributed by atoms with Crippen molar-refractivity contribution in [2.75, 3.05) is 60.0 Å². The molecule has 0 aliphatic carbocycles. The third-order valence-corrected chi connectivity index (χ3v) is 7.69.